The number of carboxylic acids is 1. The first-order chi connectivity index (χ1) is 10.5. The molecule has 120 valence electrons. The van der Waals surface area contributed by atoms with Crippen molar-refractivity contribution in [1.82, 2.24) is 4.90 Å². The van der Waals surface area contributed by atoms with Crippen molar-refractivity contribution in [3.8, 4) is 0 Å². The summed E-state index contributed by atoms with van der Waals surface area (Å²) < 4.78 is 0. The molecule has 0 aliphatic carbocycles. The average Bonchev–Trinajstić information content (AvgIpc) is 2.50. The van der Waals surface area contributed by atoms with Gasteiger partial charge in [-0.2, -0.15) is 11.8 Å². The molecule has 22 heavy (non-hydrogen) atoms. The topological polar surface area (TPSA) is 69.6 Å². The van der Waals surface area contributed by atoms with Crippen LogP contribution < -0.4 is 5.32 Å². The molecule has 1 fully saturated rings. The molecule has 1 amide bonds. The lowest BCUT2D eigenvalue weighted by Crippen LogP contribution is -2.39. The predicted octanol–water partition coefficient (Wildman–Crippen LogP) is 2.46. The Morgan fingerprint density at radius 2 is 1.77 bits per heavy atom. The molecule has 1 heterocycles. The van der Waals surface area contributed by atoms with Gasteiger partial charge in [-0.15, -0.1) is 0 Å². The van der Waals surface area contributed by atoms with Gasteiger partial charge in [-0.05, 0) is 17.7 Å². The minimum atomic E-state index is -0.828. The second-order valence-corrected chi connectivity index (χ2v) is 6.88. The minimum Gasteiger partial charge on any atom is -0.480 e. The summed E-state index contributed by atoms with van der Waals surface area (Å²) >= 11 is 1.85. The van der Waals surface area contributed by atoms with Gasteiger partial charge in [-0.1, -0.05) is 26.0 Å². The number of carbonyl (C=O) groups is 2. The zero-order valence-electron chi connectivity index (χ0n) is 12.9. The molecular formula is C16H22N2O3S. The van der Waals surface area contributed by atoms with E-state index in [9.17, 15) is 14.7 Å². The molecule has 1 aliphatic rings. The molecule has 0 unspecified atom stereocenters. The Balaban J connectivity index is 2.12. The van der Waals surface area contributed by atoms with Gasteiger partial charge in [0.25, 0.3) is 0 Å². The van der Waals surface area contributed by atoms with Gasteiger partial charge in [-0.3, -0.25) is 14.5 Å². The van der Waals surface area contributed by atoms with Gasteiger partial charge in [-0.25, -0.2) is 0 Å². The summed E-state index contributed by atoms with van der Waals surface area (Å²) in [6.45, 7) is 5.23. The molecule has 0 saturated carbocycles. The van der Waals surface area contributed by atoms with Crippen molar-refractivity contribution < 1.29 is 14.7 Å². The molecule has 2 rings (SSSR count). The third kappa shape index (κ3) is 4.24. The number of rotatable bonds is 5. The number of carbonyl (C=O) groups excluding carboxylic acids is 1. The van der Waals surface area contributed by atoms with Crippen molar-refractivity contribution in [3.63, 3.8) is 0 Å². The molecule has 0 spiro atoms. The van der Waals surface area contributed by atoms with Gasteiger partial charge in [0, 0.05) is 36.2 Å². The fourth-order valence-electron chi connectivity index (χ4n) is 2.38. The van der Waals surface area contributed by atoms with E-state index in [2.05, 4.69) is 5.32 Å². The molecule has 1 aromatic rings. The van der Waals surface area contributed by atoms with Crippen LogP contribution in [-0.4, -0.2) is 46.5 Å². The standard InChI is InChI=1S/C16H22N2O3S/c1-11(2)15(19)17-13-5-3-12(4-6-13)14(16(20)21)18-7-9-22-10-8-18/h3-6,11,14H,7-10H2,1-2H3,(H,17,19)(H,20,21)/t14-/m1/s1. The highest BCUT2D eigenvalue weighted by Gasteiger charge is 2.28. The molecule has 2 N–H and O–H groups in total. The van der Waals surface area contributed by atoms with Crippen molar-refractivity contribution in [2.45, 2.75) is 19.9 Å². The van der Waals surface area contributed by atoms with Crippen LogP contribution in [0.1, 0.15) is 25.5 Å². The summed E-state index contributed by atoms with van der Waals surface area (Å²) in [6, 6.07) is 6.50. The number of aliphatic carboxylic acids is 1. The normalized spacial score (nSPS) is 17.2. The van der Waals surface area contributed by atoms with Crippen LogP contribution in [0.2, 0.25) is 0 Å². The first-order valence-electron chi connectivity index (χ1n) is 7.44. The number of thioether (sulfide) groups is 1. The second kappa shape index (κ2) is 7.65. The molecule has 1 aliphatic heterocycles. The second-order valence-electron chi connectivity index (χ2n) is 5.66. The molecule has 6 heteroatoms. The van der Waals surface area contributed by atoms with E-state index in [0.29, 0.717) is 5.69 Å². The molecule has 1 saturated heterocycles. The van der Waals surface area contributed by atoms with E-state index in [1.165, 1.54) is 0 Å². The van der Waals surface area contributed by atoms with Crippen LogP contribution in [0.4, 0.5) is 5.69 Å². The molecular weight excluding hydrogens is 300 g/mol. The van der Waals surface area contributed by atoms with Crippen LogP contribution >= 0.6 is 11.8 Å². The lowest BCUT2D eigenvalue weighted by atomic mass is 10.0. The first-order valence-corrected chi connectivity index (χ1v) is 8.60. The van der Waals surface area contributed by atoms with Crippen LogP contribution in [0.5, 0.6) is 0 Å². The zero-order chi connectivity index (χ0) is 16.1. The highest BCUT2D eigenvalue weighted by atomic mass is 32.2. The number of nitrogens with zero attached hydrogens (tertiary/aromatic N) is 1. The molecule has 1 aromatic carbocycles. The lowest BCUT2D eigenvalue weighted by Gasteiger charge is -2.32. The van der Waals surface area contributed by atoms with Gasteiger partial charge in [0.1, 0.15) is 6.04 Å². The number of benzene rings is 1. The maximum atomic E-state index is 11.7. The highest BCUT2D eigenvalue weighted by molar-refractivity contribution is 7.99. The van der Waals surface area contributed by atoms with E-state index >= 15 is 0 Å². The zero-order valence-corrected chi connectivity index (χ0v) is 13.7. The third-order valence-corrected chi connectivity index (χ3v) is 4.61. The van der Waals surface area contributed by atoms with E-state index in [4.69, 9.17) is 0 Å². The van der Waals surface area contributed by atoms with E-state index in [1.807, 2.05) is 30.5 Å². The molecule has 0 aromatic heterocycles. The summed E-state index contributed by atoms with van der Waals surface area (Å²) in [6.07, 6.45) is 0. The summed E-state index contributed by atoms with van der Waals surface area (Å²) in [5.41, 5.74) is 1.45. The third-order valence-electron chi connectivity index (χ3n) is 3.66. The van der Waals surface area contributed by atoms with E-state index in [1.54, 1.807) is 24.3 Å². The fourth-order valence-corrected chi connectivity index (χ4v) is 3.31. The maximum absolute atomic E-state index is 11.7. The van der Waals surface area contributed by atoms with Crippen LogP contribution in [0.3, 0.4) is 0 Å². The Morgan fingerprint density at radius 3 is 2.27 bits per heavy atom. The average molecular weight is 322 g/mol. The van der Waals surface area contributed by atoms with E-state index in [-0.39, 0.29) is 11.8 Å². The van der Waals surface area contributed by atoms with Crippen LogP contribution in [-0.2, 0) is 9.59 Å². The monoisotopic (exact) mass is 322 g/mol. The molecule has 5 nitrogen and oxygen atoms in total. The SMILES string of the molecule is CC(C)C(=O)Nc1ccc([C@H](C(=O)O)N2CCSCC2)cc1. The Hall–Kier alpha value is -1.53. The maximum Gasteiger partial charge on any atom is 0.325 e. The molecule has 0 radical (unpaired) electrons. The number of amides is 1. The van der Waals surface area contributed by atoms with Gasteiger partial charge in [0.05, 0.1) is 0 Å². The summed E-state index contributed by atoms with van der Waals surface area (Å²) in [4.78, 5) is 25.3. The van der Waals surface area contributed by atoms with E-state index in [0.717, 1.165) is 30.2 Å². The van der Waals surface area contributed by atoms with Crippen molar-refractivity contribution >= 4 is 29.3 Å². The highest BCUT2D eigenvalue weighted by Crippen LogP contribution is 2.25. The number of hydrogen-bond acceptors (Lipinski definition) is 4. The number of anilines is 1. The van der Waals surface area contributed by atoms with Crippen LogP contribution in [0.15, 0.2) is 24.3 Å². The quantitative estimate of drug-likeness (QED) is 0.871. The van der Waals surface area contributed by atoms with Crippen molar-refractivity contribution in [2.24, 2.45) is 5.92 Å². The van der Waals surface area contributed by atoms with E-state index < -0.39 is 12.0 Å². The molecule has 0 bridgehead atoms. The van der Waals surface area contributed by atoms with Crippen LogP contribution in [0, 0.1) is 5.92 Å². The Labute approximate surface area is 135 Å². The Kier molecular flexibility index (Phi) is 5.85. The Bertz CT molecular complexity index is 525. The summed E-state index contributed by atoms with van der Waals surface area (Å²) in [5, 5.41) is 12.4. The predicted molar refractivity (Wildman–Crippen MR) is 89.2 cm³/mol. The van der Waals surface area contributed by atoms with Crippen molar-refractivity contribution in [3.05, 3.63) is 29.8 Å². The van der Waals surface area contributed by atoms with Crippen LogP contribution in [0.25, 0.3) is 0 Å². The van der Waals surface area contributed by atoms with Crippen molar-refractivity contribution in [1.29, 1.82) is 0 Å². The van der Waals surface area contributed by atoms with Gasteiger partial charge in [0.2, 0.25) is 5.91 Å². The summed E-state index contributed by atoms with van der Waals surface area (Å²) in [7, 11) is 0. The number of hydrogen-bond donors (Lipinski definition) is 2. The number of nitrogens with one attached hydrogen (secondary N) is 1. The smallest absolute Gasteiger partial charge is 0.325 e. The minimum absolute atomic E-state index is 0.0458. The van der Waals surface area contributed by atoms with Gasteiger partial charge >= 0.3 is 5.97 Å². The largest absolute Gasteiger partial charge is 0.480 e. The van der Waals surface area contributed by atoms with Gasteiger partial charge < -0.3 is 10.4 Å². The number of carboxylic acid groups (broad SMARTS) is 1. The molecule has 1 atom stereocenters. The summed E-state index contributed by atoms with van der Waals surface area (Å²) in [5.74, 6) is 0.970. The van der Waals surface area contributed by atoms with Crippen molar-refractivity contribution in [2.75, 3.05) is 29.9 Å². The lowest BCUT2D eigenvalue weighted by molar-refractivity contribution is -0.143. The Morgan fingerprint density at radius 1 is 1.18 bits per heavy atom. The fraction of sp³-hybridized carbons (Fsp3) is 0.500. The van der Waals surface area contributed by atoms with Gasteiger partial charge in [0.15, 0.2) is 0 Å². The first kappa shape index (κ1) is 16.8.